The molecule has 7 nitrogen and oxygen atoms in total. The summed E-state index contributed by atoms with van der Waals surface area (Å²) in [6, 6.07) is 27.9. The standard InChI is InChI=1S/C38H33N3O4S3/c1-4-40-28-14-9-8-13-26(28)33(35(40)25-11-6-5-7-12-25)29(42)23-48-38-39-36-34(27(22-47-36)32-15-10-20-46-32)37(43)41(38)19-18-24-16-17-30(44-2)31(21-24)45-3/h5-17,20-22H,4,18-19,23H2,1-3H3. The van der Waals surface area contributed by atoms with Gasteiger partial charge in [0.1, 0.15) is 4.83 Å². The summed E-state index contributed by atoms with van der Waals surface area (Å²) in [5, 5.41) is 6.09. The number of hydrogen-bond acceptors (Lipinski definition) is 8. The molecule has 7 aromatic rings. The fourth-order valence-electron chi connectivity index (χ4n) is 6.22. The third kappa shape index (κ3) is 5.85. The smallest absolute Gasteiger partial charge is 0.263 e. The monoisotopic (exact) mass is 691 g/mol. The summed E-state index contributed by atoms with van der Waals surface area (Å²) >= 11 is 4.38. The zero-order chi connectivity index (χ0) is 33.2. The van der Waals surface area contributed by atoms with Crippen molar-refractivity contribution in [2.24, 2.45) is 0 Å². The molecule has 0 aliphatic heterocycles. The summed E-state index contributed by atoms with van der Waals surface area (Å²) in [5.74, 6) is 1.41. The van der Waals surface area contributed by atoms with Crippen LogP contribution >= 0.6 is 34.4 Å². The van der Waals surface area contributed by atoms with Crippen LogP contribution in [0.1, 0.15) is 22.8 Å². The number of carbonyl (C=O) groups is 1. The van der Waals surface area contributed by atoms with Gasteiger partial charge >= 0.3 is 0 Å². The molecule has 3 aromatic carbocycles. The number of fused-ring (bicyclic) bond motifs is 2. The van der Waals surface area contributed by atoms with E-state index in [1.165, 1.54) is 23.1 Å². The van der Waals surface area contributed by atoms with Gasteiger partial charge in [-0.1, -0.05) is 72.4 Å². The first-order chi connectivity index (χ1) is 23.5. The first-order valence-electron chi connectivity index (χ1n) is 15.6. The first-order valence-corrected chi connectivity index (χ1v) is 18.4. The van der Waals surface area contributed by atoms with Crippen LogP contribution in [-0.4, -0.2) is 39.9 Å². The summed E-state index contributed by atoms with van der Waals surface area (Å²) in [6.45, 7) is 3.21. The number of Topliss-reactive ketones (excluding diaryl/α,β-unsaturated/α-hetero) is 1. The van der Waals surface area contributed by atoms with Crippen LogP contribution in [0, 0.1) is 0 Å². The summed E-state index contributed by atoms with van der Waals surface area (Å²) < 4.78 is 14.9. The van der Waals surface area contributed by atoms with Gasteiger partial charge in [0.15, 0.2) is 22.4 Å². The average Bonchev–Trinajstić information content (AvgIpc) is 3.88. The molecule has 0 saturated heterocycles. The number of ketones is 1. The normalized spacial score (nSPS) is 11.4. The zero-order valence-electron chi connectivity index (χ0n) is 26.8. The molecule has 0 aliphatic rings. The van der Waals surface area contributed by atoms with E-state index in [1.54, 1.807) is 30.1 Å². The Morgan fingerprint density at radius 2 is 1.69 bits per heavy atom. The predicted octanol–water partition coefficient (Wildman–Crippen LogP) is 9.06. The minimum absolute atomic E-state index is 0.00602. The van der Waals surface area contributed by atoms with Crippen LogP contribution in [-0.2, 0) is 19.5 Å². The summed E-state index contributed by atoms with van der Waals surface area (Å²) in [6.07, 6.45) is 0.565. The lowest BCUT2D eigenvalue weighted by Gasteiger charge is -2.14. The molecule has 7 rings (SSSR count). The van der Waals surface area contributed by atoms with Gasteiger partial charge in [-0.2, -0.15) is 0 Å². The van der Waals surface area contributed by atoms with E-state index in [9.17, 15) is 9.59 Å². The maximum absolute atomic E-state index is 14.3. The minimum atomic E-state index is -0.104. The van der Waals surface area contributed by atoms with E-state index in [0.29, 0.717) is 45.4 Å². The number of rotatable bonds is 12. The lowest BCUT2D eigenvalue weighted by Crippen LogP contribution is -2.24. The van der Waals surface area contributed by atoms with Crippen LogP contribution in [0.5, 0.6) is 11.5 Å². The lowest BCUT2D eigenvalue weighted by molar-refractivity contribution is 0.102. The number of benzene rings is 3. The fraction of sp³-hybridized carbons (Fsp3) is 0.184. The van der Waals surface area contributed by atoms with Gasteiger partial charge in [-0.25, -0.2) is 4.98 Å². The first kappa shape index (κ1) is 31.9. The number of methoxy groups -OCH3 is 2. The molecule has 4 aromatic heterocycles. The van der Waals surface area contributed by atoms with Gasteiger partial charge < -0.3 is 14.0 Å². The molecule has 48 heavy (non-hydrogen) atoms. The maximum Gasteiger partial charge on any atom is 0.263 e. The Hall–Kier alpha value is -4.64. The number of thioether (sulfide) groups is 1. The van der Waals surface area contributed by atoms with Crippen molar-refractivity contribution in [2.45, 2.75) is 31.6 Å². The molecule has 10 heteroatoms. The van der Waals surface area contributed by atoms with Crippen molar-refractivity contribution in [3.63, 3.8) is 0 Å². The van der Waals surface area contributed by atoms with E-state index in [1.807, 2.05) is 89.6 Å². The molecule has 0 N–H and O–H groups in total. The number of thiophene rings is 2. The highest BCUT2D eigenvalue weighted by Gasteiger charge is 2.25. The van der Waals surface area contributed by atoms with Crippen LogP contribution in [0.15, 0.2) is 106 Å². The third-order valence-corrected chi connectivity index (χ3v) is 11.2. The molecular weight excluding hydrogens is 659 g/mol. The second-order valence-corrected chi connectivity index (χ2v) is 13.9. The highest BCUT2D eigenvalue weighted by atomic mass is 32.2. The van der Waals surface area contributed by atoms with Gasteiger partial charge in [-0.15, -0.1) is 22.7 Å². The Morgan fingerprint density at radius 3 is 2.44 bits per heavy atom. The minimum Gasteiger partial charge on any atom is -0.493 e. The van der Waals surface area contributed by atoms with Crippen molar-refractivity contribution in [1.82, 2.24) is 14.1 Å². The molecule has 0 spiro atoms. The largest absolute Gasteiger partial charge is 0.493 e. The van der Waals surface area contributed by atoms with E-state index in [2.05, 4.69) is 17.6 Å². The second-order valence-electron chi connectivity index (χ2n) is 11.2. The van der Waals surface area contributed by atoms with Crippen LogP contribution in [0.25, 0.3) is 42.8 Å². The van der Waals surface area contributed by atoms with E-state index < -0.39 is 0 Å². The Bertz CT molecular complexity index is 2300. The number of nitrogens with zero attached hydrogens (tertiary/aromatic N) is 3. The van der Waals surface area contributed by atoms with Crippen molar-refractivity contribution >= 4 is 61.3 Å². The molecule has 0 amide bonds. The van der Waals surface area contributed by atoms with Crippen molar-refractivity contribution in [3.8, 4) is 33.2 Å². The quantitative estimate of drug-likeness (QED) is 0.0723. The Morgan fingerprint density at radius 1 is 0.896 bits per heavy atom. The Balaban J connectivity index is 1.28. The summed E-state index contributed by atoms with van der Waals surface area (Å²) in [7, 11) is 3.22. The summed E-state index contributed by atoms with van der Waals surface area (Å²) in [5.41, 5.74) is 5.42. The van der Waals surface area contributed by atoms with Gasteiger partial charge in [0.2, 0.25) is 0 Å². The zero-order valence-corrected chi connectivity index (χ0v) is 29.2. The number of hydrogen-bond donors (Lipinski definition) is 0. The number of carbonyl (C=O) groups excluding carboxylic acids is 1. The topological polar surface area (TPSA) is 75.4 Å². The van der Waals surface area contributed by atoms with E-state index in [-0.39, 0.29) is 17.1 Å². The molecule has 0 atom stereocenters. The highest BCUT2D eigenvalue weighted by Crippen LogP contribution is 2.37. The predicted molar refractivity (Wildman–Crippen MR) is 199 cm³/mol. The van der Waals surface area contributed by atoms with Crippen molar-refractivity contribution in [2.75, 3.05) is 20.0 Å². The van der Waals surface area contributed by atoms with Crippen LogP contribution in [0.4, 0.5) is 0 Å². The van der Waals surface area contributed by atoms with Gasteiger partial charge in [0, 0.05) is 39.8 Å². The van der Waals surface area contributed by atoms with Gasteiger partial charge in [-0.3, -0.25) is 14.2 Å². The second kappa shape index (κ2) is 13.8. The van der Waals surface area contributed by atoms with Gasteiger partial charge in [0.25, 0.3) is 5.56 Å². The van der Waals surface area contributed by atoms with E-state index in [0.717, 1.165) is 44.7 Å². The van der Waals surface area contributed by atoms with Crippen molar-refractivity contribution in [3.05, 3.63) is 117 Å². The molecule has 0 fully saturated rings. The maximum atomic E-state index is 14.3. The summed E-state index contributed by atoms with van der Waals surface area (Å²) in [4.78, 5) is 35.4. The molecular formula is C38H33N3O4S3. The Kier molecular flexibility index (Phi) is 9.21. The van der Waals surface area contributed by atoms with Crippen LogP contribution in [0.3, 0.4) is 0 Å². The number of aromatic nitrogens is 3. The molecule has 4 heterocycles. The lowest BCUT2D eigenvalue weighted by atomic mass is 10.0. The highest BCUT2D eigenvalue weighted by molar-refractivity contribution is 7.99. The van der Waals surface area contributed by atoms with Crippen LogP contribution < -0.4 is 15.0 Å². The molecule has 0 radical (unpaired) electrons. The van der Waals surface area contributed by atoms with Crippen molar-refractivity contribution < 1.29 is 14.3 Å². The Labute approximate surface area is 290 Å². The van der Waals surface area contributed by atoms with Gasteiger partial charge in [-0.05, 0) is 54.1 Å². The van der Waals surface area contributed by atoms with Crippen molar-refractivity contribution in [1.29, 1.82) is 0 Å². The van der Waals surface area contributed by atoms with Gasteiger partial charge in [0.05, 0.1) is 36.6 Å². The number of aryl methyl sites for hydroxylation is 2. The third-order valence-electron chi connectivity index (χ3n) is 8.46. The average molecular weight is 692 g/mol. The molecule has 0 aliphatic carbocycles. The molecule has 0 saturated carbocycles. The fourth-order valence-corrected chi connectivity index (χ4v) is 8.92. The SMILES string of the molecule is CCn1c(-c2ccccc2)c(C(=O)CSc2nc3scc(-c4cccs4)c3c(=O)n2CCc2ccc(OC)c(OC)c2)c2ccccc21. The number of ether oxygens (including phenoxy) is 2. The molecule has 0 unspecified atom stereocenters. The molecule has 242 valence electrons. The van der Waals surface area contributed by atoms with E-state index in [4.69, 9.17) is 14.5 Å². The van der Waals surface area contributed by atoms with Crippen LogP contribution in [0.2, 0.25) is 0 Å². The number of para-hydroxylation sites is 1. The van der Waals surface area contributed by atoms with E-state index >= 15 is 0 Å². The molecule has 0 bridgehead atoms.